The minimum absolute atomic E-state index is 0.108. The van der Waals surface area contributed by atoms with Crippen molar-refractivity contribution in [1.29, 1.82) is 0 Å². The molecule has 0 aliphatic carbocycles. The molecule has 0 saturated carbocycles. The number of benzene rings is 2. The van der Waals surface area contributed by atoms with Gasteiger partial charge in [0.15, 0.2) is 5.82 Å². The van der Waals surface area contributed by atoms with Gasteiger partial charge in [0.2, 0.25) is 6.29 Å². The van der Waals surface area contributed by atoms with E-state index in [2.05, 4.69) is 59.6 Å². The average Bonchev–Trinajstić information content (AvgIpc) is 3.46. The maximum absolute atomic E-state index is 6.18. The summed E-state index contributed by atoms with van der Waals surface area (Å²) in [6, 6.07) is 22.6. The second kappa shape index (κ2) is 10.2. The first-order valence-corrected chi connectivity index (χ1v) is 12.2. The molecule has 2 N–H and O–H groups in total. The van der Waals surface area contributed by atoms with Gasteiger partial charge in [-0.1, -0.05) is 67.6 Å². The van der Waals surface area contributed by atoms with Crippen LogP contribution >= 0.6 is 0 Å². The monoisotopic (exact) mass is 471 g/mol. The number of aromatic nitrogens is 4. The molecule has 0 amide bonds. The van der Waals surface area contributed by atoms with Crippen LogP contribution < -0.4 is 5.32 Å². The summed E-state index contributed by atoms with van der Waals surface area (Å²) in [5.74, 6) is 0.697. The summed E-state index contributed by atoms with van der Waals surface area (Å²) in [5, 5.41) is 8.07. The molecule has 3 heterocycles. The Kier molecular flexibility index (Phi) is 6.81. The fourth-order valence-corrected chi connectivity index (χ4v) is 4.50. The van der Waals surface area contributed by atoms with E-state index in [1.165, 1.54) is 5.69 Å². The zero-order valence-electron chi connectivity index (χ0n) is 20.6. The van der Waals surface area contributed by atoms with Crippen LogP contribution in [0.3, 0.4) is 0 Å². The van der Waals surface area contributed by atoms with Crippen molar-refractivity contribution in [2.75, 3.05) is 26.3 Å². The normalized spacial score (nSPS) is 20.3. The van der Waals surface area contributed by atoms with Gasteiger partial charge in [-0.05, 0) is 19.9 Å². The molecule has 1 saturated heterocycles. The first-order valence-electron chi connectivity index (χ1n) is 12.2. The van der Waals surface area contributed by atoms with E-state index in [1.54, 1.807) is 0 Å². The van der Waals surface area contributed by atoms with Gasteiger partial charge in [-0.2, -0.15) is 5.10 Å². The third kappa shape index (κ3) is 5.37. The van der Waals surface area contributed by atoms with Gasteiger partial charge in [0.25, 0.3) is 0 Å². The highest BCUT2D eigenvalue weighted by Crippen LogP contribution is 2.35. The molecule has 7 heteroatoms. The summed E-state index contributed by atoms with van der Waals surface area (Å²) in [4.78, 5) is 8.40. The van der Waals surface area contributed by atoms with Crippen LogP contribution in [0.25, 0.3) is 22.5 Å². The minimum atomic E-state index is -0.516. The molecule has 1 fully saturated rings. The topological polar surface area (TPSA) is 77.0 Å². The molecule has 5 rings (SSSR count). The number of nitrogens with zero attached hydrogens (tertiary/aromatic N) is 3. The number of imidazole rings is 1. The molecule has 0 atom stereocenters. The summed E-state index contributed by atoms with van der Waals surface area (Å²) < 4.78 is 14.4. The first kappa shape index (κ1) is 23.5. The second-order valence-corrected chi connectivity index (χ2v) is 9.67. The molecule has 2 aromatic carbocycles. The lowest BCUT2D eigenvalue weighted by Crippen LogP contribution is -2.44. The Morgan fingerprint density at radius 3 is 2.29 bits per heavy atom. The SMILES string of the molecule is Cc1cc(C)n(CCNCC2(C)COC(c3nc(-c4ccccc4)c(-c4ccccc4)[nH]3)OC2)n1. The lowest BCUT2D eigenvalue weighted by molar-refractivity contribution is -0.232. The van der Waals surface area contributed by atoms with Crippen molar-refractivity contribution in [3.63, 3.8) is 0 Å². The van der Waals surface area contributed by atoms with Gasteiger partial charge in [-0.25, -0.2) is 4.98 Å². The van der Waals surface area contributed by atoms with Crippen LogP contribution in [-0.2, 0) is 16.0 Å². The number of aryl methyl sites for hydroxylation is 2. The third-order valence-corrected chi connectivity index (χ3v) is 6.38. The van der Waals surface area contributed by atoms with Crippen LogP contribution in [0, 0.1) is 19.3 Å². The largest absolute Gasteiger partial charge is 0.345 e. The Hall–Kier alpha value is -3.26. The van der Waals surface area contributed by atoms with Crippen LogP contribution in [0.5, 0.6) is 0 Å². The number of ether oxygens (including phenoxy) is 2. The lowest BCUT2D eigenvalue weighted by Gasteiger charge is -2.36. The molecule has 0 spiro atoms. The first-order chi connectivity index (χ1) is 17.0. The lowest BCUT2D eigenvalue weighted by atomic mass is 9.92. The molecule has 2 aromatic heterocycles. The highest BCUT2D eigenvalue weighted by molar-refractivity contribution is 5.78. The van der Waals surface area contributed by atoms with E-state index in [-0.39, 0.29) is 5.41 Å². The standard InChI is InChI=1S/C28H33N5O2/c1-20-16-21(2)33(32-20)15-14-29-17-28(3)18-34-27(35-19-28)26-30-24(22-10-6-4-7-11-22)25(31-26)23-12-8-5-9-13-23/h4-13,16,27,29H,14-15,17-19H2,1-3H3,(H,30,31). The number of nitrogens with one attached hydrogen (secondary N) is 2. The number of aromatic amines is 1. The predicted octanol–water partition coefficient (Wildman–Crippen LogP) is 4.90. The third-order valence-electron chi connectivity index (χ3n) is 6.38. The molecular formula is C28H33N5O2. The Bertz CT molecular complexity index is 1180. The molecule has 0 bridgehead atoms. The van der Waals surface area contributed by atoms with E-state index in [4.69, 9.17) is 14.5 Å². The number of hydrogen-bond donors (Lipinski definition) is 2. The van der Waals surface area contributed by atoms with Gasteiger partial charge in [0, 0.05) is 35.3 Å². The summed E-state index contributed by atoms with van der Waals surface area (Å²) in [5.41, 5.74) is 6.14. The molecule has 4 aromatic rings. The van der Waals surface area contributed by atoms with E-state index < -0.39 is 6.29 Å². The van der Waals surface area contributed by atoms with Crippen molar-refractivity contribution in [1.82, 2.24) is 25.1 Å². The van der Waals surface area contributed by atoms with Gasteiger partial charge < -0.3 is 19.8 Å². The average molecular weight is 472 g/mol. The van der Waals surface area contributed by atoms with Crippen molar-refractivity contribution in [3.05, 3.63) is 83.9 Å². The Labute approximate surface area is 206 Å². The molecular weight excluding hydrogens is 438 g/mol. The van der Waals surface area contributed by atoms with Crippen molar-refractivity contribution in [3.8, 4) is 22.5 Å². The minimum Gasteiger partial charge on any atom is -0.345 e. The van der Waals surface area contributed by atoms with Crippen molar-refractivity contribution >= 4 is 0 Å². The fourth-order valence-electron chi connectivity index (χ4n) is 4.50. The number of hydrogen-bond acceptors (Lipinski definition) is 5. The Balaban J connectivity index is 1.23. The molecule has 7 nitrogen and oxygen atoms in total. The highest BCUT2D eigenvalue weighted by Gasteiger charge is 2.35. The summed E-state index contributed by atoms with van der Waals surface area (Å²) in [6.45, 7) is 9.98. The molecule has 0 radical (unpaired) electrons. The maximum Gasteiger partial charge on any atom is 0.217 e. The van der Waals surface area contributed by atoms with E-state index in [0.717, 1.165) is 47.8 Å². The quantitative estimate of drug-likeness (QED) is 0.358. The predicted molar refractivity (Wildman–Crippen MR) is 137 cm³/mol. The molecule has 1 aliphatic rings. The number of rotatable bonds is 8. The van der Waals surface area contributed by atoms with E-state index >= 15 is 0 Å². The van der Waals surface area contributed by atoms with E-state index in [0.29, 0.717) is 19.0 Å². The van der Waals surface area contributed by atoms with Crippen LogP contribution in [0.4, 0.5) is 0 Å². The second-order valence-electron chi connectivity index (χ2n) is 9.67. The molecule has 35 heavy (non-hydrogen) atoms. The fraction of sp³-hybridized carbons (Fsp3) is 0.357. The summed E-state index contributed by atoms with van der Waals surface area (Å²) in [6.07, 6.45) is -0.516. The highest BCUT2D eigenvalue weighted by atomic mass is 16.7. The summed E-state index contributed by atoms with van der Waals surface area (Å²) in [7, 11) is 0. The van der Waals surface area contributed by atoms with Gasteiger partial charge in [0.1, 0.15) is 0 Å². The van der Waals surface area contributed by atoms with Crippen molar-refractivity contribution in [2.24, 2.45) is 5.41 Å². The Morgan fingerprint density at radius 1 is 1.00 bits per heavy atom. The van der Waals surface area contributed by atoms with E-state index in [9.17, 15) is 0 Å². The smallest absolute Gasteiger partial charge is 0.217 e. The van der Waals surface area contributed by atoms with Gasteiger partial charge in [-0.3, -0.25) is 4.68 Å². The zero-order chi connectivity index (χ0) is 24.3. The van der Waals surface area contributed by atoms with Crippen molar-refractivity contribution < 1.29 is 9.47 Å². The van der Waals surface area contributed by atoms with Gasteiger partial charge in [0.05, 0.1) is 36.8 Å². The van der Waals surface area contributed by atoms with Crippen LogP contribution in [0.15, 0.2) is 66.7 Å². The molecule has 0 unspecified atom stereocenters. The summed E-state index contributed by atoms with van der Waals surface area (Å²) >= 11 is 0. The van der Waals surface area contributed by atoms with Crippen LogP contribution in [0.2, 0.25) is 0 Å². The van der Waals surface area contributed by atoms with Crippen LogP contribution in [0.1, 0.15) is 30.4 Å². The van der Waals surface area contributed by atoms with Crippen molar-refractivity contribution in [2.45, 2.75) is 33.6 Å². The zero-order valence-corrected chi connectivity index (χ0v) is 20.6. The maximum atomic E-state index is 6.18. The van der Waals surface area contributed by atoms with E-state index in [1.807, 2.05) is 48.0 Å². The molecule has 1 aliphatic heterocycles. The molecule has 182 valence electrons. The number of H-pyrrole nitrogens is 1. The van der Waals surface area contributed by atoms with Gasteiger partial charge >= 0.3 is 0 Å². The Morgan fingerprint density at radius 2 is 1.66 bits per heavy atom. The van der Waals surface area contributed by atoms with Gasteiger partial charge in [-0.15, -0.1) is 0 Å². The van der Waals surface area contributed by atoms with Crippen LogP contribution in [-0.4, -0.2) is 46.1 Å².